The number of furan rings is 1. The first kappa shape index (κ1) is 32.7. The molecule has 4 heterocycles. The molecule has 0 aliphatic heterocycles. The molecule has 4 aromatic heterocycles. The highest BCUT2D eigenvalue weighted by atomic mass is 32.1. The number of thiophene rings is 1. The smallest absolute Gasteiger partial charge is 0.162 e. The van der Waals surface area contributed by atoms with Gasteiger partial charge in [0, 0.05) is 58.6 Å². The quantitative estimate of drug-likeness (QED) is 0.164. The van der Waals surface area contributed by atoms with E-state index in [0.717, 1.165) is 77.6 Å². The molecule has 0 aliphatic rings. The lowest BCUT2D eigenvalue weighted by Gasteiger charge is -2.11. The second-order valence-electron chi connectivity index (χ2n) is 14.7. The van der Waals surface area contributed by atoms with Gasteiger partial charge >= 0.3 is 0 Å². The van der Waals surface area contributed by atoms with E-state index in [1.165, 1.54) is 36.7 Å². The van der Waals surface area contributed by atoms with E-state index < -0.39 is 0 Å². The van der Waals surface area contributed by atoms with Gasteiger partial charge in [0.2, 0.25) is 0 Å². The van der Waals surface area contributed by atoms with Crippen molar-refractivity contribution >= 4 is 75.1 Å². The van der Waals surface area contributed by atoms with E-state index >= 15 is 0 Å². The lowest BCUT2D eigenvalue weighted by Crippen LogP contribution is -1.96. The SMILES string of the molecule is c1ccc(-c2nc(-c3ccc(-c4nc5cc6ccccc6cc5c5c4oc4ccccc45)cc3)cc(-c3ccc(-c4cccc5c4sc4ccccc45)cc3)n2)cc1. The first-order chi connectivity index (χ1) is 28.7. The van der Waals surface area contributed by atoms with Gasteiger partial charge in [-0.15, -0.1) is 11.3 Å². The van der Waals surface area contributed by atoms with Crippen LogP contribution in [-0.4, -0.2) is 15.0 Å². The lowest BCUT2D eigenvalue weighted by atomic mass is 9.99. The molecule has 0 spiro atoms. The minimum atomic E-state index is 0.684. The molecule has 0 bridgehead atoms. The maximum atomic E-state index is 6.59. The van der Waals surface area contributed by atoms with Crippen LogP contribution in [0.15, 0.2) is 192 Å². The fourth-order valence-corrected chi connectivity index (χ4v) is 9.66. The van der Waals surface area contributed by atoms with Crippen LogP contribution >= 0.6 is 11.3 Å². The first-order valence-electron chi connectivity index (χ1n) is 19.4. The zero-order valence-electron chi connectivity index (χ0n) is 31.1. The summed E-state index contributed by atoms with van der Waals surface area (Å²) in [7, 11) is 0. The van der Waals surface area contributed by atoms with Crippen molar-refractivity contribution in [3.8, 4) is 56.3 Å². The fraction of sp³-hybridized carbons (Fsp3) is 0. The minimum Gasteiger partial charge on any atom is -0.454 e. The number of aromatic nitrogens is 3. The Bertz CT molecular complexity index is 3550. The molecule has 4 nitrogen and oxygen atoms in total. The average molecular weight is 758 g/mol. The highest BCUT2D eigenvalue weighted by Gasteiger charge is 2.19. The molecule has 12 aromatic rings. The van der Waals surface area contributed by atoms with Gasteiger partial charge in [-0.05, 0) is 52.2 Å². The zero-order valence-corrected chi connectivity index (χ0v) is 31.9. The average Bonchev–Trinajstić information content (AvgIpc) is 3.88. The molecule has 0 saturated carbocycles. The summed E-state index contributed by atoms with van der Waals surface area (Å²) in [5.41, 5.74) is 11.5. The molecular weight excluding hydrogens is 727 g/mol. The summed E-state index contributed by atoms with van der Waals surface area (Å²) in [6.45, 7) is 0. The molecule has 58 heavy (non-hydrogen) atoms. The Hall–Kier alpha value is -7.47. The van der Waals surface area contributed by atoms with E-state index in [4.69, 9.17) is 19.4 Å². The summed E-state index contributed by atoms with van der Waals surface area (Å²) in [4.78, 5) is 15.5. The number of para-hydroxylation sites is 1. The molecule has 8 aromatic carbocycles. The van der Waals surface area contributed by atoms with Crippen LogP contribution in [0.5, 0.6) is 0 Å². The summed E-state index contributed by atoms with van der Waals surface area (Å²) in [6.07, 6.45) is 0. The maximum absolute atomic E-state index is 6.59. The maximum Gasteiger partial charge on any atom is 0.162 e. The van der Waals surface area contributed by atoms with Crippen molar-refractivity contribution in [3.05, 3.63) is 188 Å². The van der Waals surface area contributed by atoms with E-state index in [2.05, 4.69) is 158 Å². The molecular formula is C53H31N3OS. The summed E-state index contributed by atoms with van der Waals surface area (Å²) in [6, 6.07) is 66.0. The zero-order chi connectivity index (χ0) is 38.2. The molecule has 0 N–H and O–H groups in total. The van der Waals surface area contributed by atoms with Crippen LogP contribution in [0.4, 0.5) is 0 Å². The topological polar surface area (TPSA) is 51.8 Å². The third kappa shape index (κ3) is 5.32. The van der Waals surface area contributed by atoms with Crippen molar-refractivity contribution in [3.63, 3.8) is 0 Å². The van der Waals surface area contributed by atoms with Gasteiger partial charge in [0.25, 0.3) is 0 Å². The first-order valence-corrected chi connectivity index (χ1v) is 20.2. The van der Waals surface area contributed by atoms with Crippen molar-refractivity contribution in [2.24, 2.45) is 0 Å². The summed E-state index contributed by atoms with van der Waals surface area (Å²) < 4.78 is 9.21. The van der Waals surface area contributed by atoms with Crippen LogP contribution in [0.25, 0.3) is 120 Å². The highest BCUT2D eigenvalue weighted by Crippen LogP contribution is 2.42. The Morgan fingerprint density at radius 1 is 0.414 bits per heavy atom. The van der Waals surface area contributed by atoms with Crippen LogP contribution in [0, 0.1) is 0 Å². The summed E-state index contributed by atoms with van der Waals surface area (Å²) >= 11 is 1.85. The molecule has 270 valence electrons. The van der Waals surface area contributed by atoms with Crippen molar-refractivity contribution in [2.45, 2.75) is 0 Å². The van der Waals surface area contributed by atoms with E-state index in [1.807, 2.05) is 41.7 Å². The third-order valence-corrected chi connectivity index (χ3v) is 12.5. The number of nitrogens with zero attached hydrogens (tertiary/aromatic N) is 3. The van der Waals surface area contributed by atoms with Gasteiger partial charge in [-0.2, -0.15) is 0 Å². The Labute approximate surface area is 337 Å². The molecule has 0 radical (unpaired) electrons. The standard InChI is InChI=1S/C53H31N3OS/c1-2-11-36(12-3-1)53-55-44(33-23-21-32(22-24-33)39-17-10-18-41-40-15-7-9-20-48(40)58-52(39)41)31-45(56-53)34-25-27-35(28-26-34)50-51-49(42-16-6-8-19-47(42)57-51)43-29-37-13-4-5-14-38(37)30-46(43)54-50/h1-31H. The van der Waals surface area contributed by atoms with E-state index in [1.54, 1.807) is 0 Å². The van der Waals surface area contributed by atoms with Crippen molar-refractivity contribution < 1.29 is 4.42 Å². The monoisotopic (exact) mass is 757 g/mol. The number of rotatable bonds is 5. The molecule has 0 aliphatic carbocycles. The second-order valence-corrected chi connectivity index (χ2v) is 15.8. The number of pyridine rings is 1. The van der Waals surface area contributed by atoms with Gasteiger partial charge in [0.15, 0.2) is 11.4 Å². The highest BCUT2D eigenvalue weighted by molar-refractivity contribution is 7.26. The van der Waals surface area contributed by atoms with Crippen LogP contribution in [0.2, 0.25) is 0 Å². The van der Waals surface area contributed by atoms with Crippen LogP contribution in [0.1, 0.15) is 0 Å². The molecule has 0 unspecified atom stereocenters. The summed E-state index contributed by atoms with van der Waals surface area (Å²) in [5, 5.41) is 8.21. The van der Waals surface area contributed by atoms with Gasteiger partial charge in [-0.1, -0.05) is 158 Å². The van der Waals surface area contributed by atoms with Gasteiger partial charge in [0.1, 0.15) is 11.3 Å². The van der Waals surface area contributed by atoms with Crippen LogP contribution in [-0.2, 0) is 0 Å². The van der Waals surface area contributed by atoms with Crippen molar-refractivity contribution in [2.75, 3.05) is 0 Å². The number of benzene rings is 8. The Balaban J connectivity index is 0.961. The molecule has 0 fully saturated rings. The third-order valence-electron chi connectivity index (χ3n) is 11.3. The van der Waals surface area contributed by atoms with Gasteiger partial charge < -0.3 is 4.42 Å². The largest absolute Gasteiger partial charge is 0.454 e. The minimum absolute atomic E-state index is 0.684. The molecule has 5 heteroatoms. The predicted molar refractivity (Wildman–Crippen MR) is 242 cm³/mol. The summed E-state index contributed by atoms with van der Waals surface area (Å²) in [5.74, 6) is 0.684. The van der Waals surface area contributed by atoms with Crippen molar-refractivity contribution in [1.29, 1.82) is 0 Å². The van der Waals surface area contributed by atoms with Gasteiger partial charge in [0.05, 0.1) is 16.9 Å². The lowest BCUT2D eigenvalue weighted by molar-refractivity contribution is 0.669. The molecule has 0 atom stereocenters. The Morgan fingerprint density at radius 2 is 1.03 bits per heavy atom. The van der Waals surface area contributed by atoms with Crippen molar-refractivity contribution in [1.82, 2.24) is 15.0 Å². The predicted octanol–water partition coefficient (Wildman–Crippen LogP) is 14.8. The van der Waals surface area contributed by atoms with Gasteiger partial charge in [-0.3, -0.25) is 0 Å². The Kier molecular flexibility index (Phi) is 7.37. The Morgan fingerprint density at radius 3 is 1.81 bits per heavy atom. The number of hydrogen-bond acceptors (Lipinski definition) is 5. The second kappa shape index (κ2) is 13.1. The normalized spacial score (nSPS) is 11.8. The molecule has 0 amide bonds. The van der Waals surface area contributed by atoms with E-state index in [9.17, 15) is 0 Å². The molecule has 0 saturated heterocycles. The van der Waals surface area contributed by atoms with Crippen LogP contribution < -0.4 is 0 Å². The fourth-order valence-electron chi connectivity index (χ4n) is 8.42. The number of hydrogen-bond donors (Lipinski definition) is 0. The number of fused-ring (bicyclic) bond motifs is 9. The van der Waals surface area contributed by atoms with Gasteiger partial charge in [-0.25, -0.2) is 15.0 Å². The van der Waals surface area contributed by atoms with E-state index in [-0.39, 0.29) is 0 Å². The van der Waals surface area contributed by atoms with E-state index in [0.29, 0.717) is 5.82 Å². The molecule has 12 rings (SSSR count). The van der Waals surface area contributed by atoms with Crippen LogP contribution in [0.3, 0.4) is 0 Å².